The first-order valence-electron chi connectivity index (χ1n) is 8.71. The number of carbonyl (C=O) groups excluding carboxylic acids is 2. The van der Waals surface area contributed by atoms with Gasteiger partial charge in [-0.15, -0.1) is 11.6 Å². The molecule has 0 saturated carbocycles. The van der Waals surface area contributed by atoms with E-state index in [0.717, 1.165) is 11.0 Å². The minimum Gasteiger partial charge on any atom is -0.334 e. The molecule has 2 amide bonds. The lowest BCUT2D eigenvalue weighted by molar-refractivity contribution is -0.137. The fourth-order valence-corrected chi connectivity index (χ4v) is 5.37. The summed E-state index contributed by atoms with van der Waals surface area (Å²) in [5, 5.41) is 2.45. The maximum Gasteiger partial charge on any atom is 0.416 e. The number of carbonyl (C=O) groups is 2. The molecule has 1 aliphatic rings. The summed E-state index contributed by atoms with van der Waals surface area (Å²) >= 11 is 11.3. The van der Waals surface area contributed by atoms with Gasteiger partial charge in [0, 0.05) is 23.3 Å². The van der Waals surface area contributed by atoms with Crippen molar-refractivity contribution in [3.63, 3.8) is 0 Å². The average molecular weight is 495 g/mol. The molecule has 0 bridgehead atoms. The zero-order valence-electron chi connectivity index (χ0n) is 15.8. The Bertz CT molecular complexity index is 1170. The Hall–Kier alpha value is -2.30. The molecule has 1 heterocycles. The summed E-state index contributed by atoms with van der Waals surface area (Å²) in [5.41, 5.74) is -1.51. The molecule has 31 heavy (non-hydrogen) atoms. The summed E-state index contributed by atoms with van der Waals surface area (Å²) in [5.74, 6) is -2.53. The van der Waals surface area contributed by atoms with Crippen molar-refractivity contribution in [1.82, 2.24) is 4.90 Å². The van der Waals surface area contributed by atoms with Gasteiger partial charge in [0.25, 0.3) is 5.91 Å². The minimum atomic E-state index is -4.79. The normalized spacial score (nSPS) is 17.2. The van der Waals surface area contributed by atoms with E-state index in [9.17, 15) is 31.2 Å². The molecule has 1 aliphatic heterocycles. The second-order valence-electron chi connectivity index (χ2n) is 6.87. The Morgan fingerprint density at radius 1 is 1.19 bits per heavy atom. The molecule has 1 atom stereocenters. The smallest absolute Gasteiger partial charge is 0.334 e. The highest BCUT2D eigenvalue weighted by Crippen LogP contribution is 2.39. The van der Waals surface area contributed by atoms with Crippen LogP contribution in [0.5, 0.6) is 0 Å². The van der Waals surface area contributed by atoms with Crippen molar-refractivity contribution in [2.75, 3.05) is 24.0 Å². The number of amides is 2. The SMILES string of the molecule is CN(C(=O)c1cc(NC(=O)CCl)cc(C(F)(F)F)c1)C1CS(=O)(=O)c2ccc(Cl)cc21. The average Bonchev–Trinajstić information content (AvgIpc) is 2.95. The fourth-order valence-electron chi connectivity index (χ4n) is 3.30. The van der Waals surface area contributed by atoms with Crippen molar-refractivity contribution < 1.29 is 31.2 Å². The molecule has 12 heteroatoms. The second kappa shape index (κ2) is 8.33. The Morgan fingerprint density at radius 3 is 2.48 bits per heavy atom. The predicted molar refractivity (Wildman–Crippen MR) is 109 cm³/mol. The van der Waals surface area contributed by atoms with Crippen LogP contribution in [0.2, 0.25) is 5.02 Å². The van der Waals surface area contributed by atoms with Crippen LogP contribution in [0.1, 0.15) is 27.5 Å². The molecule has 2 aromatic rings. The highest BCUT2D eigenvalue weighted by molar-refractivity contribution is 7.91. The molecular formula is C19H15Cl2F3N2O4S. The maximum absolute atomic E-state index is 13.3. The van der Waals surface area contributed by atoms with Crippen LogP contribution >= 0.6 is 23.2 Å². The Balaban J connectivity index is 2.02. The third-order valence-corrected chi connectivity index (χ3v) is 7.02. The van der Waals surface area contributed by atoms with Crippen LogP contribution in [0.3, 0.4) is 0 Å². The van der Waals surface area contributed by atoms with E-state index in [1.54, 1.807) is 0 Å². The van der Waals surface area contributed by atoms with Gasteiger partial charge in [0.2, 0.25) is 5.91 Å². The van der Waals surface area contributed by atoms with Crippen molar-refractivity contribution in [2.45, 2.75) is 17.1 Å². The van der Waals surface area contributed by atoms with Gasteiger partial charge in [0.15, 0.2) is 9.84 Å². The number of alkyl halides is 4. The van der Waals surface area contributed by atoms with Gasteiger partial charge in [0.05, 0.1) is 22.3 Å². The number of benzene rings is 2. The number of hydrogen-bond donors (Lipinski definition) is 1. The molecule has 0 aromatic heterocycles. The molecule has 2 aromatic carbocycles. The van der Waals surface area contributed by atoms with Crippen LogP contribution in [-0.2, 0) is 20.8 Å². The molecule has 0 radical (unpaired) electrons. The van der Waals surface area contributed by atoms with Crippen molar-refractivity contribution >= 4 is 50.5 Å². The quantitative estimate of drug-likeness (QED) is 0.647. The van der Waals surface area contributed by atoms with Gasteiger partial charge >= 0.3 is 6.18 Å². The molecule has 0 fully saturated rings. The lowest BCUT2D eigenvalue weighted by atomic mass is 10.0. The highest BCUT2D eigenvalue weighted by atomic mass is 35.5. The monoisotopic (exact) mass is 494 g/mol. The highest BCUT2D eigenvalue weighted by Gasteiger charge is 2.39. The minimum absolute atomic E-state index is 0.0145. The number of halogens is 5. The van der Waals surface area contributed by atoms with Gasteiger partial charge in [-0.1, -0.05) is 11.6 Å². The number of rotatable bonds is 4. The topological polar surface area (TPSA) is 83.6 Å². The summed E-state index contributed by atoms with van der Waals surface area (Å²) in [6.45, 7) is 0. The van der Waals surface area contributed by atoms with Crippen molar-refractivity contribution in [2.24, 2.45) is 0 Å². The maximum atomic E-state index is 13.3. The number of sulfone groups is 1. The molecule has 0 spiro atoms. The number of nitrogens with one attached hydrogen (secondary N) is 1. The summed E-state index contributed by atoms with van der Waals surface area (Å²) in [6, 6.07) is 5.58. The third-order valence-electron chi connectivity index (χ3n) is 4.74. The van der Waals surface area contributed by atoms with Gasteiger partial charge < -0.3 is 10.2 Å². The Labute approximate surface area is 185 Å². The third kappa shape index (κ3) is 4.81. The zero-order valence-corrected chi connectivity index (χ0v) is 18.2. The summed E-state index contributed by atoms with van der Waals surface area (Å²) in [7, 11) is -2.41. The van der Waals surface area contributed by atoms with E-state index in [0.29, 0.717) is 12.1 Å². The van der Waals surface area contributed by atoms with E-state index in [2.05, 4.69) is 5.32 Å². The van der Waals surface area contributed by atoms with Crippen LogP contribution in [0.25, 0.3) is 0 Å². The predicted octanol–water partition coefficient (Wildman–Crippen LogP) is 4.14. The first kappa shape index (κ1) is 23.4. The van der Waals surface area contributed by atoms with Crippen molar-refractivity contribution in [3.05, 3.63) is 58.1 Å². The summed E-state index contributed by atoms with van der Waals surface area (Å²) in [4.78, 5) is 25.6. The molecule has 166 valence electrons. The first-order valence-corrected chi connectivity index (χ1v) is 11.3. The van der Waals surface area contributed by atoms with E-state index in [4.69, 9.17) is 23.2 Å². The fraction of sp³-hybridized carbons (Fsp3) is 0.263. The zero-order chi connectivity index (χ0) is 23.1. The van der Waals surface area contributed by atoms with Gasteiger partial charge in [0.1, 0.15) is 5.88 Å². The standard InChI is InChI=1S/C19H15Cl2F3N2O4S/c1-26(15-9-31(29,30)16-3-2-12(21)7-14(15)16)18(28)10-4-11(19(22,23)24)6-13(5-10)25-17(27)8-20/h2-7,15H,8-9H2,1H3,(H,25,27). The Morgan fingerprint density at radius 2 is 1.87 bits per heavy atom. The first-order chi connectivity index (χ1) is 14.3. The number of fused-ring (bicyclic) bond motifs is 1. The van der Waals surface area contributed by atoms with Crippen LogP contribution in [0.4, 0.5) is 18.9 Å². The lowest BCUT2D eigenvalue weighted by Crippen LogP contribution is -2.32. The van der Waals surface area contributed by atoms with Crippen LogP contribution < -0.4 is 5.32 Å². The van der Waals surface area contributed by atoms with Crippen molar-refractivity contribution in [3.8, 4) is 0 Å². The number of hydrogen-bond acceptors (Lipinski definition) is 4. The summed E-state index contributed by atoms with van der Waals surface area (Å²) in [6.07, 6.45) is -4.79. The number of nitrogens with zero attached hydrogens (tertiary/aromatic N) is 1. The van der Waals surface area contributed by atoms with E-state index in [1.807, 2.05) is 0 Å². The largest absolute Gasteiger partial charge is 0.416 e. The van der Waals surface area contributed by atoms with Crippen LogP contribution in [0, 0.1) is 0 Å². The van der Waals surface area contributed by atoms with E-state index < -0.39 is 51.1 Å². The van der Waals surface area contributed by atoms with Gasteiger partial charge in [-0.3, -0.25) is 9.59 Å². The molecule has 1 N–H and O–H groups in total. The van der Waals surface area contributed by atoms with Gasteiger partial charge in [-0.25, -0.2) is 8.42 Å². The van der Waals surface area contributed by atoms with E-state index >= 15 is 0 Å². The van der Waals surface area contributed by atoms with Crippen LogP contribution in [-0.4, -0.2) is 43.8 Å². The lowest BCUT2D eigenvalue weighted by Gasteiger charge is -2.25. The molecule has 3 rings (SSSR count). The Kier molecular flexibility index (Phi) is 6.28. The molecular weight excluding hydrogens is 480 g/mol. The second-order valence-corrected chi connectivity index (χ2v) is 9.58. The molecule has 0 saturated heterocycles. The van der Waals surface area contributed by atoms with E-state index in [1.165, 1.54) is 25.2 Å². The molecule has 6 nitrogen and oxygen atoms in total. The van der Waals surface area contributed by atoms with Gasteiger partial charge in [-0.05, 0) is 42.0 Å². The van der Waals surface area contributed by atoms with E-state index in [-0.39, 0.29) is 26.7 Å². The molecule has 1 unspecified atom stereocenters. The van der Waals surface area contributed by atoms with Crippen molar-refractivity contribution in [1.29, 1.82) is 0 Å². The number of anilines is 1. The van der Waals surface area contributed by atoms with Crippen LogP contribution in [0.15, 0.2) is 41.3 Å². The summed E-state index contributed by atoms with van der Waals surface area (Å²) < 4.78 is 64.8. The molecule has 0 aliphatic carbocycles. The van der Waals surface area contributed by atoms with Gasteiger partial charge in [-0.2, -0.15) is 13.2 Å².